The lowest BCUT2D eigenvalue weighted by molar-refractivity contribution is -0.143. The van der Waals surface area contributed by atoms with Crippen molar-refractivity contribution in [2.45, 2.75) is 52.9 Å². The minimum Gasteiger partial charge on any atom is -0.463 e. The first kappa shape index (κ1) is 36.1. The molecule has 1 atom stereocenters. The van der Waals surface area contributed by atoms with E-state index in [1.165, 1.54) is 36.5 Å². The van der Waals surface area contributed by atoms with Gasteiger partial charge < -0.3 is 19.9 Å². The number of thioether (sulfide) groups is 1. The Hall–Kier alpha value is -3.71. The number of para-hydroxylation sites is 1. The number of nitrogens with one attached hydrogen (secondary N) is 1. The van der Waals surface area contributed by atoms with Crippen LogP contribution in [0.1, 0.15) is 31.4 Å². The van der Waals surface area contributed by atoms with Crippen molar-refractivity contribution in [3.8, 4) is 0 Å². The summed E-state index contributed by atoms with van der Waals surface area (Å²) < 4.78 is 46.4. The number of halogens is 3. The van der Waals surface area contributed by atoms with Gasteiger partial charge in [0, 0.05) is 67.4 Å². The average Bonchev–Trinajstić information content (AvgIpc) is 3.10. The number of piperazine rings is 1. The van der Waals surface area contributed by atoms with Crippen LogP contribution in [0.4, 0.5) is 24.5 Å². The number of esters is 1. The van der Waals surface area contributed by atoms with Crippen molar-refractivity contribution < 1.29 is 27.5 Å². The number of carbonyl (C=O) groups is 2. The predicted molar refractivity (Wildman–Crippen MR) is 194 cm³/mol. The molecule has 1 N–H and O–H groups in total. The number of hydrogen-bond acceptors (Lipinski definition) is 8. The molecule has 1 fully saturated rings. The van der Waals surface area contributed by atoms with Gasteiger partial charge in [0.15, 0.2) is 0 Å². The summed E-state index contributed by atoms with van der Waals surface area (Å²) in [6.07, 6.45) is -3.58. The molecular weight excluding hydrogens is 682 g/mol. The molecule has 1 unspecified atom stereocenters. The van der Waals surface area contributed by atoms with Crippen molar-refractivity contribution in [2.24, 2.45) is 0 Å². The molecule has 0 bridgehead atoms. The van der Waals surface area contributed by atoms with Gasteiger partial charge in [-0.3, -0.25) is 14.5 Å². The van der Waals surface area contributed by atoms with Gasteiger partial charge in [0.25, 0.3) is 0 Å². The minimum absolute atomic E-state index is 0.109. The van der Waals surface area contributed by atoms with E-state index in [1.54, 1.807) is 6.07 Å². The van der Waals surface area contributed by atoms with Crippen LogP contribution in [0.25, 0.3) is 10.8 Å². The maximum absolute atomic E-state index is 13.6. The van der Waals surface area contributed by atoms with Crippen LogP contribution < -0.4 is 10.2 Å². The number of anilines is 2. The smallest absolute Gasteiger partial charge is 0.416 e. The molecule has 1 saturated heterocycles. The van der Waals surface area contributed by atoms with E-state index in [4.69, 9.17) is 4.74 Å². The zero-order chi connectivity index (χ0) is 35.3. The van der Waals surface area contributed by atoms with Gasteiger partial charge in [0.2, 0.25) is 5.91 Å². The number of alkyl halides is 3. The third-order valence-electron chi connectivity index (χ3n) is 9.07. The van der Waals surface area contributed by atoms with Crippen LogP contribution in [0, 0.1) is 0 Å². The maximum atomic E-state index is 13.6. The van der Waals surface area contributed by atoms with Crippen LogP contribution in [0.5, 0.6) is 0 Å². The summed E-state index contributed by atoms with van der Waals surface area (Å²) in [6, 6.07) is 23.9. The summed E-state index contributed by atoms with van der Waals surface area (Å²) in [5.74, 6) is -0.379. The van der Waals surface area contributed by atoms with Gasteiger partial charge in [-0.15, -0.1) is 11.8 Å². The predicted octanol–water partition coefficient (Wildman–Crippen LogP) is 7.83. The Morgan fingerprint density at radius 3 is 2.34 bits per heavy atom. The molecule has 0 spiro atoms. The van der Waals surface area contributed by atoms with Crippen molar-refractivity contribution in [1.29, 1.82) is 0 Å². The highest BCUT2D eigenvalue weighted by molar-refractivity contribution is 8.00. The Morgan fingerprint density at radius 1 is 0.880 bits per heavy atom. The van der Waals surface area contributed by atoms with Crippen molar-refractivity contribution in [2.75, 3.05) is 57.3 Å². The number of nitrogens with zero attached hydrogens (tertiary/aromatic N) is 3. The molecule has 2 aliphatic heterocycles. The monoisotopic (exact) mass is 722 g/mol. The molecule has 7 nitrogen and oxygen atoms in total. The number of rotatable bonds is 12. The van der Waals surface area contributed by atoms with Gasteiger partial charge in [-0.05, 0) is 72.6 Å². The number of benzene rings is 4. The lowest BCUT2D eigenvalue weighted by atomic mass is 10.0. The summed E-state index contributed by atoms with van der Waals surface area (Å²) in [4.78, 5) is 34.1. The van der Waals surface area contributed by atoms with Crippen LogP contribution in [-0.2, 0) is 27.0 Å². The van der Waals surface area contributed by atoms with E-state index in [9.17, 15) is 22.8 Å². The normalized spacial score (nSPS) is 15.7. The Kier molecular flexibility index (Phi) is 11.6. The summed E-state index contributed by atoms with van der Waals surface area (Å²) in [5, 5.41) is 4.61. The summed E-state index contributed by atoms with van der Waals surface area (Å²) >= 11 is 2.95. The van der Waals surface area contributed by atoms with Crippen LogP contribution in [0.15, 0.2) is 93.5 Å². The molecule has 1 amide bonds. The molecule has 264 valence electrons. The van der Waals surface area contributed by atoms with Crippen molar-refractivity contribution in [1.82, 2.24) is 15.1 Å². The molecule has 2 heterocycles. The van der Waals surface area contributed by atoms with Crippen molar-refractivity contribution in [3.05, 3.63) is 90.0 Å². The Balaban J connectivity index is 0.955. The van der Waals surface area contributed by atoms with E-state index in [-0.39, 0.29) is 11.9 Å². The van der Waals surface area contributed by atoms with Crippen LogP contribution in [-0.4, -0.2) is 79.3 Å². The fourth-order valence-corrected chi connectivity index (χ4v) is 8.48. The largest absolute Gasteiger partial charge is 0.463 e. The number of hydrogen-bond donors (Lipinski definition) is 1. The molecule has 0 saturated carbocycles. The molecule has 2 aliphatic rings. The minimum atomic E-state index is -4.39. The second kappa shape index (κ2) is 16.1. The fourth-order valence-electron chi connectivity index (χ4n) is 6.39. The summed E-state index contributed by atoms with van der Waals surface area (Å²) in [7, 11) is 0. The number of amides is 1. The van der Waals surface area contributed by atoms with Crippen LogP contribution >= 0.6 is 23.5 Å². The molecule has 0 aromatic heterocycles. The fraction of sp³-hybridized carbons (Fsp3) is 0.368. The zero-order valence-corrected chi connectivity index (χ0v) is 29.8. The lowest BCUT2D eigenvalue weighted by Crippen LogP contribution is -2.47. The third-order valence-corrected chi connectivity index (χ3v) is 11.4. The highest BCUT2D eigenvalue weighted by atomic mass is 32.2. The van der Waals surface area contributed by atoms with Crippen LogP contribution in [0.3, 0.4) is 0 Å². The Bertz CT molecular complexity index is 1830. The summed E-state index contributed by atoms with van der Waals surface area (Å²) in [6.45, 7) is 9.61. The second-order valence-electron chi connectivity index (χ2n) is 12.5. The van der Waals surface area contributed by atoms with E-state index in [1.807, 2.05) is 72.5 Å². The molecule has 6 rings (SSSR count). The Labute approximate surface area is 299 Å². The van der Waals surface area contributed by atoms with Gasteiger partial charge >= 0.3 is 12.1 Å². The van der Waals surface area contributed by atoms with Gasteiger partial charge in [0.05, 0.1) is 16.9 Å². The lowest BCUT2D eigenvalue weighted by Gasteiger charge is -2.36. The molecule has 4 aromatic carbocycles. The van der Waals surface area contributed by atoms with Gasteiger partial charge in [-0.2, -0.15) is 13.2 Å². The Morgan fingerprint density at radius 2 is 1.58 bits per heavy atom. The van der Waals surface area contributed by atoms with Crippen LogP contribution in [0.2, 0.25) is 0 Å². The van der Waals surface area contributed by atoms with Gasteiger partial charge in [-0.1, -0.05) is 54.2 Å². The first-order valence-corrected chi connectivity index (χ1v) is 18.5. The maximum Gasteiger partial charge on any atom is 0.416 e. The van der Waals surface area contributed by atoms with Crippen molar-refractivity contribution in [3.63, 3.8) is 0 Å². The van der Waals surface area contributed by atoms with Gasteiger partial charge in [0.1, 0.15) is 11.9 Å². The second-order valence-corrected chi connectivity index (χ2v) is 15.0. The highest BCUT2D eigenvalue weighted by Crippen LogP contribution is 2.49. The standard InChI is InChI=1S/C38H41F3N4O3S2/c1-26(49-34-14-12-28-8-3-4-9-30(28)31(34)25-42-27(2)46)37(47)48-23-22-44-20-18-43(19-21-44)16-7-17-45-32-10-5-6-11-35(32)50-36-15-13-29(24-33(36)45)38(39,40)41/h3-6,8-15,24,26H,7,16-23,25H2,1-2H3,(H,42,46). The summed E-state index contributed by atoms with van der Waals surface area (Å²) in [5.41, 5.74) is 1.91. The van der Waals surface area contributed by atoms with E-state index < -0.39 is 17.0 Å². The van der Waals surface area contributed by atoms with Gasteiger partial charge in [-0.25, -0.2) is 0 Å². The first-order chi connectivity index (χ1) is 24.1. The van der Waals surface area contributed by atoms with E-state index >= 15 is 0 Å². The highest BCUT2D eigenvalue weighted by Gasteiger charge is 2.33. The number of ether oxygens (including phenoxy) is 1. The average molecular weight is 723 g/mol. The topological polar surface area (TPSA) is 65.1 Å². The van der Waals surface area contributed by atoms with E-state index in [2.05, 4.69) is 15.1 Å². The SMILES string of the molecule is CC(=O)NCc1c(SC(C)C(=O)OCCN2CCN(CCCN3c4ccccc4Sc4ccc(C(F)(F)F)cc43)CC2)ccc2ccccc12. The van der Waals surface area contributed by atoms with Crippen molar-refractivity contribution >= 4 is 57.5 Å². The number of fused-ring (bicyclic) bond motifs is 3. The molecular formula is C38H41F3N4O3S2. The quantitative estimate of drug-likeness (QED) is 0.117. The van der Waals surface area contributed by atoms with E-state index in [0.717, 1.165) is 81.9 Å². The first-order valence-electron chi connectivity index (χ1n) is 16.9. The zero-order valence-electron chi connectivity index (χ0n) is 28.2. The number of carbonyl (C=O) groups excluding carboxylic acids is 2. The molecule has 0 aliphatic carbocycles. The molecule has 4 aromatic rings. The van der Waals surface area contributed by atoms with E-state index in [0.29, 0.717) is 31.9 Å². The molecule has 0 radical (unpaired) electrons. The molecule has 12 heteroatoms. The molecule has 50 heavy (non-hydrogen) atoms. The third kappa shape index (κ3) is 8.77.